The van der Waals surface area contributed by atoms with E-state index in [1.807, 2.05) is 0 Å². The highest BCUT2D eigenvalue weighted by Gasteiger charge is 2.20. The number of nitrogens with two attached hydrogens (primary N) is 1. The van der Waals surface area contributed by atoms with Gasteiger partial charge in [0.25, 0.3) is 10.0 Å². The molecular weight excluding hydrogens is 328 g/mol. The van der Waals surface area contributed by atoms with Gasteiger partial charge in [-0.25, -0.2) is 23.1 Å². The minimum Gasteiger partial charge on any atom is -0.497 e. The van der Waals surface area contributed by atoms with Crippen LogP contribution in [-0.4, -0.2) is 37.2 Å². The maximum absolute atomic E-state index is 11.4. The fourth-order valence-electron chi connectivity index (χ4n) is 1.99. The van der Waals surface area contributed by atoms with Gasteiger partial charge in [0.05, 0.1) is 26.1 Å². The van der Waals surface area contributed by atoms with Gasteiger partial charge in [0.2, 0.25) is 9.30 Å². The Hall–Kier alpha value is -2.17. The summed E-state index contributed by atoms with van der Waals surface area (Å²) in [6.07, 6.45) is 1.59. The summed E-state index contributed by atoms with van der Waals surface area (Å²) in [5.41, 5.74) is 1.26. The van der Waals surface area contributed by atoms with Crippen LogP contribution in [0.5, 0.6) is 11.5 Å². The predicted octanol–water partition coefficient (Wildman–Crippen LogP) is 1.12. The number of imidazole rings is 1. The lowest BCUT2D eigenvalue weighted by atomic mass is 10.1. The molecule has 0 spiro atoms. The highest BCUT2D eigenvalue weighted by molar-refractivity contribution is 7.91. The van der Waals surface area contributed by atoms with Crippen molar-refractivity contribution in [2.45, 2.75) is 4.34 Å². The van der Waals surface area contributed by atoms with Gasteiger partial charge in [-0.2, -0.15) is 0 Å². The topological polar surface area (TPSA) is 109 Å². The number of nitrogens with zero attached hydrogens (tertiary/aromatic N) is 3. The van der Waals surface area contributed by atoms with E-state index in [-0.39, 0.29) is 4.34 Å². The number of hydrogen-bond acceptors (Lipinski definition) is 7. The Balaban J connectivity index is 2.24. The van der Waals surface area contributed by atoms with Crippen LogP contribution in [-0.2, 0) is 10.0 Å². The van der Waals surface area contributed by atoms with Crippen LogP contribution >= 0.6 is 11.3 Å². The van der Waals surface area contributed by atoms with Crippen molar-refractivity contribution in [3.63, 3.8) is 0 Å². The minimum atomic E-state index is -3.87. The highest BCUT2D eigenvalue weighted by atomic mass is 32.2. The Morgan fingerprint density at radius 3 is 2.68 bits per heavy atom. The van der Waals surface area contributed by atoms with E-state index in [4.69, 9.17) is 14.6 Å². The average molecular weight is 340 g/mol. The van der Waals surface area contributed by atoms with Crippen LogP contribution in [0.1, 0.15) is 0 Å². The Labute approximate surface area is 130 Å². The smallest absolute Gasteiger partial charge is 0.267 e. The summed E-state index contributed by atoms with van der Waals surface area (Å²) in [6.45, 7) is 0. The lowest BCUT2D eigenvalue weighted by molar-refractivity contribution is 0.404. The first kappa shape index (κ1) is 14.8. The maximum Gasteiger partial charge on any atom is 0.267 e. The molecule has 2 N–H and O–H groups in total. The standard InChI is InChI=1S/C12H12N4O4S2/c1-19-7-3-4-10(20-2)8(5-7)9-6-14-11-16(9)15-12(21-11)22(13,17)18/h3-6H,1-2H3,(H2,13,17,18). The molecule has 0 atom stereocenters. The van der Waals surface area contributed by atoms with Crippen LogP contribution in [0.2, 0.25) is 0 Å². The summed E-state index contributed by atoms with van der Waals surface area (Å²) in [5.74, 6) is 1.22. The van der Waals surface area contributed by atoms with Crippen LogP contribution in [0.25, 0.3) is 16.2 Å². The molecule has 0 saturated carbocycles. The van der Waals surface area contributed by atoms with E-state index in [0.29, 0.717) is 27.7 Å². The van der Waals surface area contributed by atoms with Crippen LogP contribution in [0.4, 0.5) is 0 Å². The molecule has 0 saturated heterocycles. The van der Waals surface area contributed by atoms with Crippen molar-refractivity contribution in [3.05, 3.63) is 24.4 Å². The molecule has 0 aliphatic heterocycles. The van der Waals surface area contributed by atoms with Crippen molar-refractivity contribution in [2.24, 2.45) is 5.14 Å². The van der Waals surface area contributed by atoms with Crippen molar-refractivity contribution >= 4 is 26.3 Å². The van der Waals surface area contributed by atoms with Gasteiger partial charge >= 0.3 is 0 Å². The van der Waals surface area contributed by atoms with E-state index in [1.54, 1.807) is 38.6 Å². The molecule has 3 rings (SSSR count). The number of sulfonamides is 1. The van der Waals surface area contributed by atoms with Gasteiger partial charge in [-0.1, -0.05) is 11.3 Å². The van der Waals surface area contributed by atoms with Crippen LogP contribution in [0.15, 0.2) is 28.7 Å². The summed E-state index contributed by atoms with van der Waals surface area (Å²) in [6, 6.07) is 5.27. The zero-order valence-electron chi connectivity index (χ0n) is 11.7. The number of primary sulfonamides is 1. The lowest BCUT2D eigenvalue weighted by Crippen LogP contribution is -2.12. The molecule has 0 amide bonds. The number of rotatable bonds is 4. The van der Waals surface area contributed by atoms with Gasteiger partial charge in [-0.3, -0.25) is 0 Å². The second-order valence-corrected chi connectivity index (χ2v) is 7.01. The summed E-state index contributed by atoms with van der Waals surface area (Å²) in [5, 5.41) is 9.12. The number of methoxy groups -OCH3 is 2. The first-order valence-corrected chi connectivity index (χ1v) is 8.40. The third-order valence-corrected chi connectivity index (χ3v) is 5.23. The summed E-state index contributed by atoms with van der Waals surface area (Å²) < 4.78 is 34.6. The van der Waals surface area contributed by atoms with E-state index in [0.717, 1.165) is 11.3 Å². The van der Waals surface area contributed by atoms with Crippen molar-refractivity contribution in [1.82, 2.24) is 14.6 Å². The van der Waals surface area contributed by atoms with Crippen molar-refractivity contribution in [2.75, 3.05) is 14.2 Å². The number of hydrogen-bond donors (Lipinski definition) is 1. The predicted molar refractivity (Wildman–Crippen MR) is 80.8 cm³/mol. The molecule has 2 heterocycles. The molecule has 1 aromatic carbocycles. The van der Waals surface area contributed by atoms with E-state index in [2.05, 4.69) is 10.1 Å². The number of aromatic nitrogens is 3. The van der Waals surface area contributed by atoms with Gasteiger partial charge in [0.15, 0.2) is 0 Å². The second kappa shape index (κ2) is 5.23. The molecule has 0 unspecified atom stereocenters. The maximum atomic E-state index is 11.4. The molecule has 2 aromatic heterocycles. The molecule has 0 aliphatic carbocycles. The molecular formula is C12H12N4O4S2. The number of ether oxygens (including phenoxy) is 2. The fraction of sp³-hybridized carbons (Fsp3) is 0.167. The van der Waals surface area contributed by atoms with Gasteiger partial charge in [-0.15, -0.1) is 5.10 Å². The molecule has 8 nitrogen and oxygen atoms in total. The molecule has 3 aromatic rings. The van der Waals surface area contributed by atoms with Gasteiger partial charge < -0.3 is 9.47 Å². The van der Waals surface area contributed by atoms with Crippen molar-refractivity contribution < 1.29 is 17.9 Å². The third kappa shape index (κ3) is 2.40. The van der Waals surface area contributed by atoms with E-state index in [9.17, 15) is 8.42 Å². The zero-order chi connectivity index (χ0) is 15.9. The molecule has 116 valence electrons. The fourth-order valence-corrected chi connectivity index (χ4v) is 3.48. The van der Waals surface area contributed by atoms with E-state index < -0.39 is 10.0 Å². The van der Waals surface area contributed by atoms with Crippen LogP contribution in [0.3, 0.4) is 0 Å². The SMILES string of the molecule is COc1ccc(OC)c(-c2cnc3sc(S(N)(=O)=O)nn23)c1. The van der Waals surface area contributed by atoms with Crippen molar-refractivity contribution in [1.29, 1.82) is 0 Å². The quantitative estimate of drug-likeness (QED) is 0.762. The average Bonchev–Trinajstić information content (AvgIpc) is 3.06. The molecule has 0 radical (unpaired) electrons. The lowest BCUT2D eigenvalue weighted by Gasteiger charge is -2.09. The normalized spacial score (nSPS) is 11.8. The molecule has 0 aliphatic rings. The van der Waals surface area contributed by atoms with Gasteiger partial charge in [-0.05, 0) is 18.2 Å². The van der Waals surface area contributed by atoms with Crippen LogP contribution in [0, 0.1) is 0 Å². The minimum absolute atomic E-state index is 0.196. The monoisotopic (exact) mass is 340 g/mol. The molecule has 10 heteroatoms. The summed E-state index contributed by atoms with van der Waals surface area (Å²) in [4.78, 5) is 4.58. The first-order chi connectivity index (χ1) is 10.4. The Bertz CT molecular complexity index is 945. The van der Waals surface area contributed by atoms with Crippen molar-refractivity contribution in [3.8, 4) is 22.8 Å². The summed E-state index contributed by atoms with van der Waals surface area (Å²) in [7, 11) is -0.774. The Morgan fingerprint density at radius 1 is 1.27 bits per heavy atom. The van der Waals surface area contributed by atoms with Gasteiger partial charge in [0.1, 0.15) is 11.5 Å². The third-order valence-electron chi connectivity index (χ3n) is 2.99. The largest absolute Gasteiger partial charge is 0.497 e. The number of fused-ring (bicyclic) bond motifs is 1. The van der Waals surface area contributed by atoms with E-state index >= 15 is 0 Å². The summed E-state index contributed by atoms with van der Waals surface area (Å²) >= 11 is 0.899. The molecule has 22 heavy (non-hydrogen) atoms. The van der Waals surface area contributed by atoms with Gasteiger partial charge in [0, 0.05) is 5.56 Å². The first-order valence-electron chi connectivity index (χ1n) is 6.04. The second-order valence-electron chi connectivity index (χ2n) is 4.32. The molecule has 0 bridgehead atoms. The Morgan fingerprint density at radius 2 is 2.05 bits per heavy atom. The Kier molecular flexibility index (Phi) is 3.51. The van der Waals surface area contributed by atoms with Crippen LogP contribution < -0.4 is 14.6 Å². The zero-order valence-corrected chi connectivity index (χ0v) is 13.3. The molecule has 0 fully saturated rings. The number of benzene rings is 1. The van der Waals surface area contributed by atoms with E-state index in [1.165, 1.54) is 4.52 Å². The highest BCUT2D eigenvalue weighted by Crippen LogP contribution is 2.34.